The second-order valence-corrected chi connectivity index (χ2v) is 10.0. The molecule has 0 saturated carbocycles. The number of imidazole rings is 1. The van der Waals surface area contributed by atoms with Crippen molar-refractivity contribution in [3.8, 4) is 17.4 Å². The number of hydrogen-bond donors (Lipinski definition) is 3. The summed E-state index contributed by atoms with van der Waals surface area (Å²) in [6, 6.07) is 18.8. The highest BCUT2D eigenvalue weighted by atomic mass is 35.5. The minimum atomic E-state index is -0.958. The van der Waals surface area contributed by atoms with Crippen LogP contribution in [0.1, 0.15) is 33.2 Å². The van der Waals surface area contributed by atoms with Gasteiger partial charge in [-0.25, -0.2) is 0 Å². The first-order chi connectivity index (χ1) is 20.3. The summed E-state index contributed by atoms with van der Waals surface area (Å²) in [7, 11) is 3.10. The number of carbonyl (C=O) groups is 2. The number of hydrogen-bond acceptors (Lipinski definition) is 6. The number of para-hydroxylation sites is 1. The van der Waals surface area contributed by atoms with Crippen LogP contribution < -0.4 is 20.5 Å². The number of rotatable bonds is 10. The molecule has 0 spiro atoms. The Labute approximate surface area is 251 Å². The molecule has 2 aromatic heterocycles. The van der Waals surface area contributed by atoms with Crippen LogP contribution in [0.25, 0.3) is 22.8 Å². The third-order valence-corrected chi connectivity index (χ3v) is 7.47. The molecule has 0 bridgehead atoms. The lowest BCUT2D eigenvalue weighted by Crippen LogP contribution is -2.22. The van der Waals surface area contributed by atoms with Crippen molar-refractivity contribution in [1.82, 2.24) is 19.9 Å². The van der Waals surface area contributed by atoms with Gasteiger partial charge in [-0.1, -0.05) is 47.5 Å². The first-order valence-electron chi connectivity index (χ1n) is 12.9. The van der Waals surface area contributed by atoms with Gasteiger partial charge in [0.05, 0.1) is 23.3 Å². The molecule has 11 heteroatoms. The highest BCUT2D eigenvalue weighted by Crippen LogP contribution is 2.34. The number of aromatic nitrogens is 3. The van der Waals surface area contributed by atoms with Crippen molar-refractivity contribution < 1.29 is 19.1 Å². The van der Waals surface area contributed by atoms with Crippen molar-refractivity contribution in [1.29, 1.82) is 0 Å². The fourth-order valence-corrected chi connectivity index (χ4v) is 5.01. The fourth-order valence-electron chi connectivity index (χ4n) is 4.43. The summed E-state index contributed by atoms with van der Waals surface area (Å²) in [4.78, 5) is 32.2. The van der Waals surface area contributed by atoms with Crippen LogP contribution in [-0.4, -0.2) is 40.4 Å². The smallest absolute Gasteiger partial charge is 0.294 e. The van der Waals surface area contributed by atoms with E-state index in [0.717, 1.165) is 11.1 Å². The van der Waals surface area contributed by atoms with E-state index in [9.17, 15) is 9.59 Å². The molecule has 0 fully saturated rings. The molecular weight excluding hydrogens is 577 g/mol. The number of nitrogens with one attached hydrogen (secondary N) is 2. The van der Waals surface area contributed by atoms with Gasteiger partial charge in [0.25, 0.3) is 11.9 Å². The predicted molar refractivity (Wildman–Crippen MR) is 164 cm³/mol. The lowest BCUT2D eigenvalue weighted by Gasteiger charge is -2.18. The van der Waals surface area contributed by atoms with Gasteiger partial charge in [-0.15, -0.1) is 0 Å². The molecule has 9 nitrogen and oxygen atoms in total. The lowest BCUT2D eigenvalue weighted by atomic mass is 10.1. The Morgan fingerprint density at radius 3 is 2.62 bits per heavy atom. The third-order valence-electron chi connectivity index (χ3n) is 6.69. The number of nitrogens with two attached hydrogens (primary N) is 1. The number of carbonyl (C=O) groups excluding carboxylic acids is 2. The van der Waals surface area contributed by atoms with Crippen molar-refractivity contribution in [3.05, 3.63) is 111 Å². The summed E-state index contributed by atoms with van der Waals surface area (Å²) in [6.07, 6.45) is 4.85. The number of H-pyrrole nitrogens is 1. The molecule has 2 heterocycles. The van der Waals surface area contributed by atoms with Crippen molar-refractivity contribution in [2.45, 2.75) is 12.6 Å². The summed E-state index contributed by atoms with van der Waals surface area (Å²) < 4.78 is 13.0. The predicted octanol–water partition coefficient (Wildman–Crippen LogP) is 5.89. The number of aromatic amines is 1. The Morgan fingerprint density at radius 2 is 1.88 bits per heavy atom. The van der Waals surface area contributed by atoms with Crippen LogP contribution in [-0.2, 0) is 11.4 Å². The number of benzene rings is 3. The quantitative estimate of drug-likeness (QED) is 0.171. The van der Waals surface area contributed by atoms with Crippen LogP contribution in [0.5, 0.6) is 11.8 Å². The number of ketones is 1. The molecule has 3 aromatic carbocycles. The van der Waals surface area contributed by atoms with E-state index < -0.39 is 6.04 Å². The number of ether oxygens (including phenoxy) is 2. The standard InChI is InChI=1S/C31H27Cl2N5O4/c1-35-30(40)19-11-8-18(9-12-19)10-15-25(39)28(34)24-6-4-16-38(24)23-14-13-21(32)20(27(23)33)17-42-26-7-3-5-22-29(26)37-31(36-22)41-2/h3-16,28H,17,34H2,1-2H3,(H,35,40)(H,36,37)/b15-10+. The fraction of sp³-hybridized carbons (Fsp3) is 0.129. The summed E-state index contributed by atoms with van der Waals surface area (Å²) in [5.74, 6) is 0.0473. The largest absolute Gasteiger partial charge is 0.486 e. The Kier molecular flexibility index (Phi) is 8.63. The molecular formula is C31H27Cl2N5O4. The van der Waals surface area contributed by atoms with E-state index in [1.54, 1.807) is 78.5 Å². The van der Waals surface area contributed by atoms with Gasteiger partial charge >= 0.3 is 0 Å². The zero-order valence-corrected chi connectivity index (χ0v) is 24.2. The van der Waals surface area contributed by atoms with Gasteiger partial charge in [-0.2, -0.15) is 4.98 Å². The number of fused-ring (bicyclic) bond motifs is 1. The minimum Gasteiger partial charge on any atom is -0.486 e. The van der Waals surface area contributed by atoms with Gasteiger partial charge < -0.3 is 30.1 Å². The Hall–Kier alpha value is -4.57. The summed E-state index contributed by atoms with van der Waals surface area (Å²) in [5, 5.41) is 3.36. The zero-order chi connectivity index (χ0) is 29.8. The van der Waals surface area contributed by atoms with E-state index in [4.69, 9.17) is 38.4 Å². The van der Waals surface area contributed by atoms with Crippen LogP contribution in [0.15, 0.2) is 79.0 Å². The maximum Gasteiger partial charge on any atom is 0.294 e. The molecule has 0 aliphatic carbocycles. The molecule has 0 radical (unpaired) electrons. The maximum absolute atomic E-state index is 13.0. The van der Waals surface area contributed by atoms with E-state index in [1.165, 1.54) is 13.2 Å². The second-order valence-electron chi connectivity index (χ2n) is 9.26. The number of methoxy groups -OCH3 is 1. The molecule has 1 unspecified atom stereocenters. The molecule has 1 amide bonds. The van der Waals surface area contributed by atoms with Crippen LogP contribution in [0.3, 0.4) is 0 Å². The highest BCUT2D eigenvalue weighted by Gasteiger charge is 2.21. The van der Waals surface area contributed by atoms with Crippen LogP contribution >= 0.6 is 23.2 Å². The number of nitrogens with zero attached hydrogens (tertiary/aromatic N) is 2. The lowest BCUT2D eigenvalue weighted by molar-refractivity contribution is -0.115. The highest BCUT2D eigenvalue weighted by molar-refractivity contribution is 6.37. The van der Waals surface area contributed by atoms with Gasteiger partial charge in [-0.3, -0.25) is 9.59 Å². The van der Waals surface area contributed by atoms with Crippen LogP contribution in [0.2, 0.25) is 10.0 Å². The Morgan fingerprint density at radius 1 is 1.10 bits per heavy atom. The average Bonchev–Trinajstić information content (AvgIpc) is 3.67. The first kappa shape index (κ1) is 28.9. The van der Waals surface area contributed by atoms with Crippen molar-refractivity contribution >= 4 is 52.0 Å². The number of amides is 1. The normalized spacial score (nSPS) is 12.0. The van der Waals surface area contributed by atoms with Crippen molar-refractivity contribution in [2.24, 2.45) is 5.73 Å². The molecule has 5 rings (SSSR count). The molecule has 1 atom stereocenters. The first-order valence-corrected chi connectivity index (χ1v) is 13.7. The van der Waals surface area contributed by atoms with E-state index in [2.05, 4.69) is 15.3 Å². The van der Waals surface area contributed by atoms with E-state index in [0.29, 0.717) is 49.8 Å². The Bertz CT molecular complexity index is 1790. The monoisotopic (exact) mass is 603 g/mol. The van der Waals surface area contributed by atoms with Gasteiger partial charge in [0.15, 0.2) is 5.78 Å². The van der Waals surface area contributed by atoms with Crippen molar-refractivity contribution in [2.75, 3.05) is 14.2 Å². The summed E-state index contributed by atoms with van der Waals surface area (Å²) >= 11 is 13.4. The third kappa shape index (κ3) is 5.89. The summed E-state index contributed by atoms with van der Waals surface area (Å²) in [5.41, 5.74) is 10.8. The SMILES string of the molecule is CNC(=O)c1ccc(/C=C/C(=O)C(N)c2cccn2-c2ccc(Cl)c(COc3cccc4[nH]c(OC)nc34)c2Cl)cc1. The van der Waals surface area contributed by atoms with Crippen LogP contribution in [0.4, 0.5) is 0 Å². The molecule has 0 aliphatic heterocycles. The molecule has 214 valence electrons. The van der Waals surface area contributed by atoms with Gasteiger partial charge in [0.2, 0.25) is 0 Å². The maximum atomic E-state index is 13.0. The van der Waals surface area contributed by atoms with Gasteiger partial charge in [0, 0.05) is 35.1 Å². The van der Waals surface area contributed by atoms with Crippen LogP contribution in [0, 0.1) is 0 Å². The molecule has 4 N–H and O–H groups in total. The zero-order valence-electron chi connectivity index (χ0n) is 22.7. The number of halogens is 2. The van der Waals surface area contributed by atoms with Gasteiger partial charge in [-0.05, 0) is 60.2 Å². The van der Waals surface area contributed by atoms with E-state index in [1.807, 2.05) is 12.1 Å². The topological polar surface area (TPSA) is 124 Å². The minimum absolute atomic E-state index is 0.0722. The van der Waals surface area contributed by atoms with E-state index >= 15 is 0 Å². The molecule has 42 heavy (non-hydrogen) atoms. The average molecular weight is 604 g/mol. The molecule has 5 aromatic rings. The van der Waals surface area contributed by atoms with E-state index in [-0.39, 0.29) is 18.3 Å². The Balaban J connectivity index is 1.36. The van der Waals surface area contributed by atoms with Crippen molar-refractivity contribution in [3.63, 3.8) is 0 Å². The molecule has 0 saturated heterocycles. The summed E-state index contributed by atoms with van der Waals surface area (Å²) in [6.45, 7) is 0.0722. The second kappa shape index (κ2) is 12.5. The van der Waals surface area contributed by atoms with Gasteiger partial charge in [0.1, 0.15) is 23.9 Å². The molecule has 0 aliphatic rings.